The van der Waals surface area contributed by atoms with Crippen LogP contribution in [0.2, 0.25) is 0 Å². The lowest BCUT2D eigenvalue weighted by Gasteiger charge is -2.09. The largest absolute Gasteiger partial charge is 0.505 e. The van der Waals surface area contributed by atoms with Gasteiger partial charge in [-0.2, -0.15) is 0 Å². The molecule has 1 aliphatic rings. The van der Waals surface area contributed by atoms with Gasteiger partial charge in [-0.15, -0.1) is 0 Å². The second kappa shape index (κ2) is 3.66. The topological polar surface area (TPSA) is 20.2 Å². The lowest BCUT2D eigenvalue weighted by molar-refractivity contribution is 0.432. The van der Waals surface area contributed by atoms with Crippen LogP contribution in [0.15, 0.2) is 36.4 Å². The van der Waals surface area contributed by atoms with Crippen molar-refractivity contribution < 1.29 is 9.50 Å². The van der Waals surface area contributed by atoms with Crippen LogP contribution < -0.4 is 0 Å². The van der Waals surface area contributed by atoms with Crippen molar-refractivity contribution in [1.82, 2.24) is 0 Å². The smallest absolute Gasteiger partial charge is 0.165 e. The van der Waals surface area contributed by atoms with Crippen LogP contribution in [0.4, 0.5) is 4.39 Å². The summed E-state index contributed by atoms with van der Waals surface area (Å²) >= 11 is 0. The quantitative estimate of drug-likeness (QED) is 0.720. The van der Waals surface area contributed by atoms with Crippen molar-refractivity contribution in [1.29, 1.82) is 0 Å². The Morgan fingerprint density at radius 3 is 2.79 bits per heavy atom. The van der Waals surface area contributed by atoms with Crippen LogP contribution in [-0.2, 0) is 0 Å². The van der Waals surface area contributed by atoms with Crippen molar-refractivity contribution in [2.24, 2.45) is 0 Å². The summed E-state index contributed by atoms with van der Waals surface area (Å²) in [7, 11) is 0. The highest BCUT2D eigenvalue weighted by Crippen LogP contribution is 2.26. The molecular formula is C12H11FO. The molecule has 0 radical (unpaired) electrons. The SMILES string of the molecule is Oc1ccc(C2=CC=CCC2)cc1F. The van der Waals surface area contributed by atoms with Crippen LogP contribution in [0.5, 0.6) is 5.75 Å². The molecule has 0 fully saturated rings. The number of phenols is 1. The van der Waals surface area contributed by atoms with E-state index in [4.69, 9.17) is 5.11 Å². The van der Waals surface area contributed by atoms with E-state index in [0.717, 1.165) is 24.0 Å². The molecule has 0 heterocycles. The summed E-state index contributed by atoms with van der Waals surface area (Å²) in [6.07, 6.45) is 7.97. The monoisotopic (exact) mass is 190 g/mol. The Kier molecular flexibility index (Phi) is 2.35. The number of allylic oxidation sites excluding steroid dienone is 4. The van der Waals surface area contributed by atoms with Gasteiger partial charge in [-0.1, -0.05) is 24.3 Å². The molecule has 0 bridgehead atoms. The van der Waals surface area contributed by atoms with E-state index >= 15 is 0 Å². The highest BCUT2D eigenvalue weighted by molar-refractivity contribution is 5.68. The molecule has 0 saturated heterocycles. The van der Waals surface area contributed by atoms with Crippen LogP contribution in [0.25, 0.3) is 5.57 Å². The average molecular weight is 190 g/mol. The third-order valence-corrected chi connectivity index (χ3v) is 2.33. The summed E-state index contributed by atoms with van der Waals surface area (Å²) in [5, 5.41) is 9.03. The molecule has 1 aliphatic carbocycles. The molecule has 0 unspecified atom stereocenters. The molecule has 2 rings (SSSR count). The van der Waals surface area contributed by atoms with Crippen LogP contribution in [0, 0.1) is 5.82 Å². The summed E-state index contributed by atoms with van der Waals surface area (Å²) in [6, 6.07) is 4.51. The maximum absolute atomic E-state index is 13.0. The van der Waals surface area contributed by atoms with Gasteiger partial charge in [-0.25, -0.2) is 4.39 Å². The number of hydrogen-bond acceptors (Lipinski definition) is 1. The summed E-state index contributed by atoms with van der Waals surface area (Å²) in [4.78, 5) is 0. The first-order chi connectivity index (χ1) is 6.77. The van der Waals surface area contributed by atoms with Crippen molar-refractivity contribution in [2.75, 3.05) is 0 Å². The molecule has 14 heavy (non-hydrogen) atoms. The van der Waals surface area contributed by atoms with Crippen molar-refractivity contribution in [3.8, 4) is 5.75 Å². The highest BCUT2D eigenvalue weighted by atomic mass is 19.1. The average Bonchev–Trinajstić information content (AvgIpc) is 2.23. The zero-order valence-corrected chi connectivity index (χ0v) is 7.70. The predicted molar refractivity (Wildman–Crippen MR) is 54.4 cm³/mol. The van der Waals surface area contributed by atoms with Gasteiger partial charge in [0.15, 0.2) is 11.6 Å². The van der Waals surface area contributed by atoms with E-state index in [0.29, 0.717) is 0 Å². The fourth-order valence-corrected chi connectivity index (χ4v) is 1.55. The molecule has 2 heteroatoms. The first-order valence-corrected chi connectivity index (χ1v) is 4.62. The number of halogens is 1. The Labute approximate surface area is 82.2 Å². The third kappa shape index (κ3) is 1.69. The fraction of sp³-hybridized carbons (Fsp3) is 0.167. The van der Waals surface area contributed by atoms with E-state index < -0.39 is 5.82 Å². The summed E-state index contributed by atoms with van der Waals surface area (Å²) in [5.41, 5.74) is 1.97. The van der Waals surface area contributed by atoms with Gasteiger partial charge >= 0.3 is 0 Å². The van der Waals surface area contributed by atoms with Gasteiger partial charge in [0.05, 0.1) is 0 Å². The van der Waals surface area contributed by atoms with E-state index in [1.807, 2.05) is 12.2 Å². The maximum Gasteiger partial charge on any atom is 0.165 e. The Morgan fingerprint density at radius 2 is 2.14 bits per heavy atom. The highest BCUT2D eigenvalue weighted by Gasteiger charge is 2.06. The fourth-order valence-electron chi connectivity index (χ4n) is 1.55. The Hall–Kier alpha value is -1.57. The second-order valence-corrected chi connectivity index (χ2v) is 3.32. The van der Waals surface area contributed by atoms with Gasteiger partial charge in [-0.3, -0.25) is 0 Å². The Balaban J connectivity index is 2.37. The van der Waals surface area contributed by atoms with Crippen LogP contribution >= 0.6 is 0 Å². The van der Waals surface area contributed by atoms with Gasteiger partial charge in [0.25, 0.3) is 0 Å². The number of benzene rings is 1. The normalized spacial score (nSPS) is 15.4. The molecule has 1 nitrogen and oxygen atoms in total. The molecular weight excluding hydrogens is 179 g/mol. The minimum absolute atomic E-state index is 0.291. The van der Waals surface area contributed by atoms with Crippen LogP contribution in [0.3, 0.4) is 0 Å². The molecule has 1 N–H and O–H groups in total. The van der Waals surface area contributed by atoms with Gasteiger partial charge in [0, 0.05) is 0 Å². The van der Waals surface area contributed by atoms with E-state index in [9.17, 15) is 4.39 Å². The Bertz CT molecular complexity index is 405. The van der Waals surface area contributed by atoms with Crippen LogP contribution in [-0.4, -0.2) is 5.11 Å². The van der Waals surface area contributed by atoms with E-state index in [1.165, 1.54) is 12.1 Å². The molecule has 72 valence electrons. The Morgan fingerprint density at radius 1 is 1.29 bits per heavy atom. The minimum atomic E-state index is -0.557. The zero-order valence-electron chi connectivity index (χ0n) is 7.70. The number of hydrogen-bond donors (Lipinski definition) is 1. The predicted octanol–water partition coefficient (Wildman–Crippen LogP) is 3.26. The minimum Gasteiger partial charge on any atom is -0.505 e. The van der Waals surface area contributed by atoms with E-state index in [-0.39, 0.29) is 5.75 Å². The molecule has 1 aromatic carbocycles. The standard InChI is InChI=1S/C12H11FO/c13-11-8-10(6-7-12(11)14)9-4-2-1-3-5-9/h1-2,4,6-8,14H,3,5H2. The summed E-state index contributed by atoms with van der Waals surface area (Å²) in [6.45, 7) is 0. The van der Waals surface area contributed by atoms with Crippen LogP contribution in [0.1, 0.15) is 18.4 Å². The number of aromatic hydroxyl groups is 1. The van der Waals surface area contributed by atoms with Gasteiger partial charge in [0.2, 0.25) is 0 Å². The first kappa shape index (κ1) is 9.00. The molecule has 0 amide bonds. The molecule has 1 aromatic rings. The third-order valence-electron chi connectivity index (χ3n) is 2.33. The molecule has 0 spiro atoms. The van der Waals surface area contributed by atoms with Gasteiger partial charge in [0.1, 0.15) is 0 Å². The first-order valence-electron chi connectivity index (χ1n) is 4.62. The van der Waals surface area contributed by atoms with E-state index in [1.54, 1.807) is 6.07 Å². The molecule has 0 saturated carbocycles. The van der Waals surface area contributed by atoms with Gasteiger partial charge in [-0.05, 0) is 36.1 Å². The molecule has 0 atom stereocenters. The molecule has 0 aliphatic heterocycles. The summed E-state index contributed by atoms with van der Waals surface area (Å²) < 4.78 is 13.0. The lowest BCUT2D eigenvalue weighted by atomic mass is 9.97. The van der Waals surface area contributed by atoms with Crippen molar-refractivity contribution in [3.63, 3.8) is 0 Å². The van der Waals surface area contributed by atoms with E-state index in [2.05, 4.69) is 6.08 Å². The second-order valence-electron chi connectivity index (χ2n) is 3.32. The lowest BCUT2D eigenvalue weighted by Crippen LogP contribution is -1.89. The number of phenolic OH excluding ortho intramolecular Hbond substituents is 1. The number of rotatable bonds is 1. The van der Waals surface area contributed by atoms with Crippen molar-refractivity contribution >= 4 is 5.57 Å². The maximum atomic E-state index is 13.0. The molecule has 0 aromatic heterocycles. The van der Waals surface area contributed by atoms with Crippen molar-refractivity contribution in [3.05, 3.63) is 47.8 Å². The zero-order chi connectivity index (χ0) is 9.97. The van der Waals surface area contributed by atoms with Crippen molar-refractivity contribution in [2.45, 2.75) is 12.8 Å². The summed E-state index contributed by atoms with van der Waals surface area (Å²) in [5.74, 6) is -0.848. The van der Waals surface area contributed by atoms with Gasteiger partial charge < -0.3 is 5.11 Å².